The van der Waals surface area contributed by atoms with Crippen LogP contribution in [0.25, 0.3) is 0 Å². The van der Waals surface area contributed by atoms with Crippen molar-refractivity contribution in [2.75, 3.05) is 39.8 Å². The molecule has 0 aromatic rings. The smallest absolute Gasteiger partial charge is 0.242 e. The van der Waals surface area contributed by atoms with Crippen molar-refractivity contribution in [1.29, 1.82) is 0 Å². The molecule has 1 N–H and O–H groups in total. The van der Waals surface area contributed by atoms with Crippen molar-refractivity contribution in [3.8, 4) is 0 Å². The third-order valence-electron chi connectivity index (χ3n) is 2.59. The highest BCUT2D eigenvalue weighted by atomic mass is 16.2. The minimum Gasteiger partial charge on any atom is -0.339 e. The van der Waals surface area contributed by atoms with Gasteiger partial charge in [0.2, 0.25) is 11.8 Å². The Kier molecular flexibility index (Phi) is 4.98. The minimum absolute atomic E-state index is 0.0152. The van der Waals surface area contributed by atoms with Crippen LogP contribution in [0.5, 0.6) is 0 Å². The van der Waals surface area contributed by atoms with Gasteiger partial charge in [-0.2, -0.15) is 0 Å². The molecule has 0 aliphatic carbocycles. The third-order valence-corrected chi connectivity index (χ3v) is 2.59. The van der Waals surface area contributed by atoms with Crippen LogP contribution >= 0.6 is 0 Å². The summed E-state index contributed by atoms with van der Waals surface area (Å²) in [6.07, 6.45) is 1.83. The lowest BCUT2D eigenvalue weighted by Gasteiger charge is -2.29. The molecule has 5 nitrogen and oxygen atoms in total. The summed E-state index contributed by atoms with van der Waals surface area (Å²) in [5.41, 5.74) is 0. The average Bonchev–Trinajstić information content (AvgIpc) is 2.30. The lowest BCUT2D eigenvalue weighted by Crippen LogP contribution is -2.49. The highest BCUT2D eigenvalue weighted by Gasteiger charge is 2.19. The van der Waals surface area contributed by atoms with Crippen molar-refractivity contribution in [3.63, 3.8) is 0 Å². The Hall–Kier alpha value is -1.36. The van der Waals surface area contributed by atoms with Crippen LogP contribution in [0.3, 0.4) is 0 Å². The van der Waals surface area contributed by atoms with E-state index in [1.165, 1.54) is 4.90 Å². The molecular weight excluding hydrogens is 206 g/mol. The zero-order valence-corrected chi connectivity index (χ0v) is 9.74. The van der Waals surface area contributed by atoms with Gasteiger partial charge in [0.05, 0.1) is 6.54 Å². The van der Waals surface area contributed by atoms with E-state index in [-0.39, 0.29) is 24.8 Å². The Morgan fingerprint density at radius 1 is 1.44 bits per heavy atom. The summed E-state index contributed by atoms with van der Waals surface area (Å²) in [5.74, 6) is -0.0557. The third kappa shape index (κ3) is 3.66. The van der Waals surface area contributed by atoms with Gasteiger partial charge in [0, 0.05) is 39.6 Å². The van der Waals surface area contributed by atoms with Crippen LogP contribution in [0.1, 0.15) is 6.42 Å². The van der Waals surface area contributed by atoms with Gasteiger partial charge in [-0.3, -0.25) is 9.59 Å². The van der Waals surface area contributed by atoms with Gasteiger partial charge in [0.15, 0.2) is 0 Å². The SMILES string of the molecule is C=CCC(=O)N(C)CC(=O)N1CCNCC1. The monoisotopic (exact) mass is 225 g/mol. The summed E-state index contributed by atoms with van der Waals surface area (Å²) in [6.45, 7) is 6.77. The molecule has 0 radical (unpaired) electrons. The molecule has 1 fully saturated rings. The highest BCUT2D eigenvalue weighted by molar-refractivity contribution is 5.85. The van der Waals surface area contributed by atoms with Gasteiger partial charge in [0.25, 0.3) is 0 Å². The number of piperazine rings is 1. The predicted molar refractivity (Wildman–Crippen MR) is 61.9 cm³/mol. The first kappa shape index (κ1) is 12.7. The second kappa shape index (κ2) is 6.27. The summed E-state index contributed by atoms with van der Waals surface area (Å²) in [7, 11) is 1.64. The molecule has 90 valence electrons. The van der Waals surface area contributed by atoms with Crippen molar-refractivity contribution >= 4 is 11.8 Å². The van der Waals surface area contributed by atoms with Crippen LogP contribution in [0.4, 0.5) is 0 Å². The highest BCUT2D eigenvalue weighted by Crippen LogP contribution is 1.97. The summed E-state index contributed by atoms with van der Waals surface area (Å²) >= 11 is 0. The molecule has 0 saturated carbocycles. The fourth-order valence-corrected chi connectivity index (χ4v) is 1.58. The number of amides is 2. The minimum atomic E-state index is -0.0708. The van der Waals surface area contributed by atoms with Gasteiger partial charge in [-0.25, -0.2) is 0 Å². The molecule has 0 bridgehead atoms. The maximum atomic E-state index is 11.8. The van der Waals surface area contributed by atoms with Gasteiger partial charge in [0.1, 0.15) is 0 Å². The lowest BCUT2D eigenvalue weighted by molar-refractivity contribution is -0.139. The van der Waals surface area contributed by atoms with Crippen molar-refractivity contribution in [2.45, 2.75) is 6.42 Å². The Morgan fingerprint density at radius 3 is 2.62 bits per heavy atom. The summed E-state index contributed by atoms with van der Waals surface area (Å²) < 4.78 is 0. The molecule has 1 heterocycles. The zero-order chi connectivity index (χ0) is 12.0. The average molecular weight is 225 g/mol. The van der Waals surface area contributed by atoms with E-state index in [9.17, 15) is 9.59 Å². The first-order valence-corrected chi connectivity index (χ1v) is 5.48. The van der Waals surface area contributed by atoms with Gasteiger partial charge in [-0.15, -0.1) is 6.58 Å². The molecule has 1 saturated heterocycles. The van der Waals surface area contributed by atoms with Gasteiger partial charge >= 0.3 is 0 Å². The summed E-state index contributed by atoms with van der Waals surface area (Å²) in [6, 6.07) is 0. The first-order valence-electron chi connectivity index (χ1n) is 5.48. The van der Waals surface area contributed by atoms with E-state index in [2.05, 4.69) is 11.9 Å². The number of carbonyl (C=O) groups excluding carboxylic acids is 2. The number of carbonyl (C=O) groups is 2. The first-order chi connectivity index (χ1) is 7.65. The summed E-state index contributed by atoms with van der Waals surface area (Å²) in [5, 5.41) is 3.18. The largest absolute Gasteiger partial charge is 0.339 e. The van der Waals surface area contributed by atoms with Crippen LogP contribution < -0.4 is 5.32 Å². The molecule has 0 aromatic heterocycles. The quantitative estimate of drug-likeness (QED) is 0.653. The molecule has 0 atom stereocenters. The van der Waals surface area contributed by atoms with E-state index >= 15 is 0 Å². The maximum absolute atomic E-state index is 11.8. The van der Waals surface area contributed by atoms with Crippen LogP contribution in [0.15, 0.2) is 12.7 Å². The van der Waals surface area contributed by atoms with E-state index in [0.717, 1.165) is 26.2 Å². The topological polar surface area (TPSA) is 52.7 Å². The lowest BCUT2D eigenvalue weighted by atomic mass is 10.3. The van der Waals surface area contributed by atoms with Crippen LogP contribution in [0.2, 0.25) is 0 Å². The van der Waals surface area contributed by atoms with E-state index in [1.54, 1.807) is 18.0 Å². The van der Waals surface area contributed by atoms with Gasteiger partial charge < -0.3 is 15.1 Å². The second-order valence-corrected chi connectivity index (χ2v) is 3.87. The summed E-state index contributed by atoms with van der Waals surface area (Å²) in [4.78, 5) is 26.5. The van der Waals surface area contributed by atoms with Crippen molar-refractivity contribution in [1.82, 2.24) is 15.1 Å². The van der Waals surface area contributed by atoms with Crippen molar-refractivity contribution in [3.05, 3.63) is 12.7 Å². The molecule has 1 rings (SSSR count). The Labute approximate surface area is 96.1 Å². The van der Waals surface area contributed by atoms with Crippen LogP contribution in [-0.2, 0) is 9.59 Å². The molecule has 2 amide bonds. The maximum Gasteiger partial charge on any atom is 0.242 e. The fourth-order valence-electron chi connectivity index (χ4n) is 1.58. The molecule has 1 aliphatic heterocycles. The number of nitrogens with zero attached hydrogens (tertiary/aromatic N) is 2. The fraction of sp³-hybridized carbons (Fsp3) is 0.636. The van der Waals surface area contributed by atoms with E-state index in [4.69, 9.17) is 0 Å². The van der Waals surface area contributed by atoms with Crippen molar-refractivity contribution < 1.29 is 9.59 Å². The Bertz CT molecular complexity index is 272. The number of nitrogens with one attached hydrogen (secondary N) is 1. The molecule has 5 heteroatoms. The molecule has 0 unspecified atom stereocenters. The van der Waals surface area contributed by atoms with Crippen LogP contribution in [0, 0.1) is 0 Å². The number of hydrogen-bond donors (Lipinski definition) is 1. The van der Waals surface area contributed by atoms with Gasteiger partial charge in [-0.05, 0) is 0 Å². The number of hydrogen-bond acceptors (Lipinski definition) is 3. The number of likely N-dealkylation sites (N-methyl/N-ethyl adjacent to an activating group) is 1. The van der Waals surface area contributed by atoms with E-state index < -0.39 is 0 Å². The van der Waals surface area contributed by atoms with E-state index in [1.807, 2.05) is 0 Å². The normalized spacial score (nSPS) is 15.7. The van der Waals surface area contributed by atoms with Gasteiger partial charge in [-0.1, -0.05) is 6.08 Å². The standard InChI is InChI=1S/C11H19N3O2/c1-3-4-10(15)13(2)9-11(16)14-7-5-12-6-8-14/h3,12H,1,4-9H2,2H3. The zero-order valence-electron chi connectivity index (χ0n) is 9.74. The number of rotatable bonds is 4. The van der Waals surface area contributed by atoms with Crippen molar-refractivity contribution in [2.24, 2.45) is 0 Å². The van der Waals surface area contributed by atoms with Crippen LogP contribution in [-0.4, -0.2) is 61.4 Å². The molecule has 0 spiro atoms. The molecular formula is C11H19N3O2. The predicted octanol–water partition coefficient (Wildman–Crippen LogP) is -0.547. The van der Waals surface area contributed by atoms with E-state index in [0.29, 0.717) is 0 Å². The molecule has 0 aromatic carbocycles. The second-order valence-electron chi connectivity index (χ2n) is 3.87. The molecule has 1 aliphatic rings. The Balaban J connectivity index is 2.37. The molecule has 16 heavy (non-hydrogen) atoms. The Morgan fingerprint density at radius 2 is 2.06 bits per heavy atom.